The van der Waals surface area contributed by atoms with E-state index in [2.05, 4.69) is 13.0 Å². The van der Waals surface area contributed by atoms with Crippen molar-refractivity contribution in [3.05, 3.63) is 11.6 Å². The van der Waals surface area contributed by atoms with Crippen molar-refractivity contribution in [1.29, 1.82) is 0 Å². The van der Waals surface area contributed by atoms with Crippen molar-refractivity contribution in [3.63, 3.8) is 0 Å². The fourth-order valence-corrected chi connectivity index (χ4v) is 9.83. The zero-order chi connectivity index (χ0) is 30.4. The lowest BCUT2D eigenvalue weighted by Gasteiger charge is -2.65. The molecule has 10 atom stereocenters. The van der Waals surface area contributed by atoms with E-state index in [1.807, 2.05) is 27.7 Å². The van der Waals surface area contributed by atoms with Crippen LogP contribution in [0.5, 0.6) is 0 Å². The Kier molecular flexibility index (Phi) is 7.40. The van der Waals surface area contributed by atoms with Crippen LogP contribution in [-0.2, 0) is 19.1 Å². The third-order valence-corrected chi connectivity index (χ3v) is 12.2. The van der Waals surface area contributed by atoms with Crippen molar-refractivity contribution in [2.45, 2.75) is 130 Å². The summed E-state index contributed by atoms with van der Waals surface area (Å²) in [4.78, 5) is 39.4. The van der Waals surface area contributed by atoms with E-state index in [1.165, 1.54) is 13.8 Å². The fourth-order valence-electron chi connectivity index (χ4n) is 9.83. The molecule has 0 aromatic carbocycles. The van der Waals surface area contributed by atoms with E-state index in [9.17, 15) is 34.8 Å². The number of aliphatic hydroxyl groups is 4. The van der Waals surface area contributed by atoms with Crippen LogP contribution in [0.1, 0.15) is 101 Å². The first-order chi connectivity index (χ1) is 18.1. The number of hydrogen-bond acceptors (Lipinski definition) is 8. The molecule has 8 nitrogen and oxygen atoms in total. The molecular weight excluding hydrogens is 512 g/mol. The smallest absolute Gasteiger partial charge is 0.303 e. The SMILES string of the molecule is CC(=O)OC(C)(C)CCC(=O)[C@](C)(O)C1[C@H](O)C[C@@]2(C)[C@@H]3CC=C4[C@@H](C[C@H](O)[C@@H](O)C4(C)C)[C@]3(C)C(=O)C[C@]12C. The molecule has 0 bridgehead atoms. The highest BCUT2D eigenvalue weighted by Crippen LogP contribution is 2.74. The predicted octanol–water partition coefficient (Wildman–Crippen LogP) is 3.52. The number of allylic oxidation sites excluding steroid dienone is 1. The second-order valence-corrected chi connectivity index (χ2v) is 15.4. The van der Waals surface area contributed by atoms with E-state index in [1.54, 1.807) is 13.8 Å². The first kappa shape index (κ1) is 31.3. The third kappa shape index (κ3) is 4.26. The fraction of sp³-hybridized carbons (Fsp3) is 0.844. The Morgan fingerprint density at radius 1 is 1.02 bits per heavy atom. The molecule has 0 aliphatic heterocycles. The zero-order valence-corrected chi connectivity index (χ0v) is 25.7. The summed E-state index contributed by atoms with van der Waals surface area (Å²) < 4.78 is 5.32. The first-order valence-electron chi connectivity index (χ1n) is 14.8. The maximum absolute atomic E-state index is 14.3. The van der Waals surface area contributed by atoms with Crippen molar-refractivity contribution in [2.75, 3.05) is 0 Å². The number of ketones is 2. The Hall–Kier alpha value is -1.61. The van der Waals surface area contributed by atoms with Crippen LogP contribution < -0.4 is 0 Å². The molecule has 4 N–H and O–H groups in total. The average Bonchev–Trinajstić information content (AvgIpc) is 3.01. The summed E-state index contributed by atoms with van der Waals surface area (Å²) in [5, 5.41) is 45.0. The number of ether oxygens (including phenoxy) is 1. The monoisotopic (exact) mass is 562 g/mol. The topological polar surface area (TPSA) is 141 Å². The van der Waals surface area contributed by atoms with E-state index in [-0.39, 0.29) is 36.9 Å². The van der Waals surface area contributed by atoms with Gasteiger partial charge in [0.2, 0.25) is 0 Å². The van der Waals surface area contributed by atoms with E-state index in [0.717, 1.165) is 5.57 Å². The van der Waals surface area contributed by atoms with Crippen LogP contribution in [-0.4, -0.2) is 67.5 Å². The van der Waals surface area contributed by atoms with Gasteiger partial charge in [-0.1, -0.05) is 46.3 Å². The molecule has 1 unspecified atom stereocenters. The minimum Gasteiger partial charge on any atom is -0.460 e. The maximum atomic E-state index is 14.3. The molecule has 0 spiro atoms. The summed E-state index contributed by atoms with van der Waals surface area (Å²) in [5.41, 5.74) is -4.68. The molecule has 40 heavy (non-hydrogen) atoms. The minimum atomic E-state index is -1.89. The number of Topliss-reactive ketones (excluding diaryl/α,β-unsaturated/α-hetero) is 2. The molecule has 0 aromatic rings. The van der Waals surface area contributed by atoms with Crippen LogP contribution in [0.2, 0.25) is 0 Å². The Balaban J connectivity index is 1.70. The molecule has 4 aliphatic rings. The van der Waals surface area contributed by atoms with Crippen molar-refractivity contribution in [3.8, 4) is 0 Å². The second-order valence-electron chi connectivity index (χ2n) is 15.4. The van der Waals surface area contributed by atoms with Crippen molar-refractivity contribution in [2.24, 2.45) is 39.4 Å². The van der Waals surface area contributed by atoms with Gasteiger partial charge in [0.1, 0.15) is 17.0 Å². The van der Waals surface area contributed by atoms with Gasteiger partial charge in [-0.05, 0) is 69.1 Å². The van der Waals surface area contributed by atoms with Crippen LogP contribution in [0.4, 0.5) is 0 Å². The minimum absolute atomic E-state index is 0.0193. The zero-order valence-electron chi connectivity index (χ0n) is 25.7. The standard InChI is InChI=1S/C32H50O8/c1-17(33)40-27(2,3)13-12-23(36)32(9,39)25-21(35)15-29(6)22-11-10-18-19(14-20(34)26(38)28(18,4)5)31(22,8)24(37)16-30(25,29)7/h10,19-22,25-26,34-35,38-39H,11-16H2,1-9H3/t19-,20+,21-,22+,25?,26-,29+,30-,31+,32+/m1/s1. The van der Waals surface area contributed by atoms with Gasteiger partial charge in [0, 0.05) is 36.5 Å². The van der Waals surface area contributed by atoms with Crippen molar-refractivity contribution >= 4 is 17.5 Å². The Morgan fingerprint density at radius 3 is 2.20 bits per heavy atom. The Morgan fingerprint density at radius 2 is 1.62 bits per heavy atom. The number of fused-ring (bicyclic) bond motifs is 5. The van der Waals surface area contributed by atoms with Crippen LogP contribution in [0.25, 0.3) is 0 Å². The van der Waals surface area contributed by atoms with Gasteiger partial charge in [-0.2, -0.15) is 0 Å². The lowest BCUT2D eigenvalue weighted by Crippen LogP contribution is -2.65. The summed E-state index contributed by atoms with van der Waals surface area (Å²) in [5.74, 6) is -2.15. The van der Waals surface area contributed by atoms with Gasteiger partial charge >= 0.3 is 5.97 Å². The second kappa shape index (κ2) is 9.45. The normalized spacial score (nSPS) is 44.0. The molecule has 0 radical (unpaired) electrons. The molecule has 0 aromatic heterocycles. The molecule has 0 heterocycles. The summed E-state index contributed by atoms with van der Waals surface area (Å²) in [6.45, 7) is 16.1. The predicted molar refractivity (Wildman–Crippen MR) is 149 cm³/mol. The highest BCUT2D eigenvalue weighted by molar-refractivity contribution is 5.90. The summed E-state index contributed by atoms with van der Waals surface area (Å²) in [7, 11) is 0. The molecule has 226 valence electrons. The van der Waals surface area contributed by atoms with Gasteiger partial charge in [-0.15, -0.1) is 0 Å². The lowest BCUT2D eigenvalue weighted by molar-refractivity contribution is -0.188. The van der Waals surface area contributed by atoms with E-state index < -0.39 is 68.8 Å². The Bertz CT molecular complexity index is 1120. The van der Waals surface area contributed by atoms with Crippen LogP contribution >= 0.6 is 0 Å². The van der Waals surface area contributed by atoms with Gasteiger partial charge in [0.25, 0.3) is 0 Å². The van der Waals surface area contributed by atoms with Gasteiger partial charge < -0.3 is 25.2 Å². The van der Waals surface area contributed by atoms with E-state index in [0.29, 0.717) is 19.3 Å². The lowest BCUT2D eigenvalue weighted by atomic mass is 9.38. The highest BCUT2D eigenvalue weighted by atomic mass is 16.6. The molecule has 4 aliphatic carbocycles. The summed E-state index contributed by atoms with van der Waals surface area (Å²) in [6.07, 6.45) is 0.776. The van der Waals surface area contributed by atoms with E-state index >= 15 is 0 Å². The molecule has 3 saturated carbocycles. The van der Waals surface area contributed by atoms with Gasteiger partial charge in [0.05, 0.1) is 18.3 Å². The summed E-state index contributed by atoms with van der Waals surface area (Å²) >= 11 is 0. The number of rotatable bonds is 6. The summed E-state index contributed by atoms with van der Waals surface area (Å²) in [6, 6.07) is 0. The molecule has 0 saturated heterocycles. The number of hydrogen-bond donors (Lipinski definition) is 4. The number of aliphatic hydroxyl groups excluding tert-OH is 3. The van der Waals surface area contributed by atoms with Crippen LogP contribution in [0.3, 0.4) is 0 Å². The van der Waals surface area contributed by atoms with Crippen molar-refractivity contribution < 1.29 is 39.5 Å². The molecule has 8 heteroatoms. The molecular formula is C32H50O8. The number of esters is 1. The van der Waals surface area contributed by atoms with Gasteiger partial charge in [0.15, 0.2) is 5.78 Å². The largest absolute Gasteiger partial charge is 0.460 e. The first-order valence-corrected chi connectivity index (χ1v) is 14.8. The highest BCUT2D eigenvalue weighted by Gasteiger charge is 2.74. The third-order valence-electron chi connectivity index (χ3n) is 12.2. The van der Waals surface area contributed by atoms with Crippen LogP contribution in [0, 0.1) is 39.4 Å². The molecule has 4 rings (SSSR count). The average molecular weight is 563 g/mol. The number of carbonyl (C=O) groups is 3. The van der Waals surface area contributed by atoms with Gasteiger partial charge in [-0.3, -0.25) is 14.4 Å². The quantitative estimate of drug-likeness (QED) is 0.285. The molecule has 3 fully saturated rings. The Labute approximate surface area is 238 Å². The van der Waals surface area contributed by atoms with Crippen molar-refractivity contribution in [1.82, 2.24) is 0 Å². The number of carbonyl (C=O) groups excluding carboxylic acids is 3. The maximum Gasteiger partial charge on any atom is 0.303 e. The van der Waals surface area contributed by atoms with Crippen LogP contribution in [0.15, 0.2) is 11.6 Å². The molecule has 0 amide bonds. The van der Waals surface area contributed by atoms with E-state index in [4.69, 9.17) is 4.74 Å². The van der Waals surface area contributed by atoms with Gasteiger partial charge in [-0.25, -0.2) is 0 Å².